The fourth-order valence-electron chi connectivity index (χ4n) is 7.13. The number of nitrogens with one attached hydrogen (secondary N) is 1. The summed E-state index contributed by atoms with van der Waals surface area (Å²) in [6, 6.07) is 10.4. The number of fused-ring (bicyclic) bond motifs is 6. The van der Waals surface area contributed by atoms with E-state index in [0.717, 1.165) is 36.7 Å². The average molecular weight is 638 g/mol. The number of nitrogens with two attached hydrogens (primary N) is 1. The van der Waals surface area contributed by atoms with Crippen molar-refractivity contribution in [1.29, 1.82) is 0 Å². The number of hydrogen-bond acceptors (Lipinski definition) is 7. The zero-order chi connectivity index (χ0) is 32.4. The summed E-state index contributed by atoms with van der Waals surface area (Å²) in [6.45, 7) is -1.32. The van der Waals surface area contributed by atoms with Crippen molar-refractivity contribution >= 4 is 17.3 Å². The Morgan fingerprint density at radius 1 is 1.15 bits per heavy atom. The third-order valence-electron chi connectivity index (χ3n) is 9.94. The summed E-state index contributed by atoms with van der Waals surface area (Å²) in [5, 5.41) is 18.1. The van der Waals surface area contributed by atoms with E-state index in [4.69, 9.17) is 15.2 Å². The van der Waals surface area contributed by atoms with Gasteiger partial charge in [-0.3, -0.25) is 9.59 Å². The van der Waals surface area contributed by atoms with Crippen molar-refractivity contribution in [2.24, 2.45) is 11.1 Å². The van der Waals surface area contributed by atoms with Crippen LogP contribution in [-0.2, 0) is 15.8 Å². The molecule has 0 radical (unpaired) electrons. The largest absolute Gasteiger partial charge is 0.486 e. The van der Waals surface area contributed by atoms with Crippen LogP contribution in [0.2, 0.25) is 0 Å². The number of aliphatic hydroxyl groups is 1. The standard InChI is InChI=1S/C32H27F4N5O5/c1-45-23-11-17(10-19-12-21(15-2-3-15)40-41(19)23)26(42)38-14-30(44,32(34,35)36)22-13-20-25(24(39-22)16-4-6-18(33)7-5-16)46-27-29(8-9-29)31(20,27)28(37)43/h4-7,10-13,15,27,44H,2-3,8-9,14H2,1H3,(H2,37,43)(H,38,42)/t27?,30?,31-/m0/s1. The lowest BCUT2D eigenvalue weighted by molar-refractivity contribution is -0.265. The molecule has 4 aliphatic rings. The van der Waals surface area contributed by atoms with Gasteiger partial charge in [-0.05, 0) is 68.1 Å². The number of pyridine rings is 2. The minimum absolute atomic E-state index is 0.0115. The van der Waals surface area contributed by atoms with Gasteiger partial charge >= 0.3 is 6.18 Å². The summed E-state index contributed by atoms with van der Waals surface area (Å²) in [5.41, 5.74) is 0.765. The first-order valence-corrected chi connectivity index (χ1v) is 14.8. The average Bonchev–Trinajstić information content (AvgIpc) is 3.99. The summed E-state index contributed by atoms with van der Waals surface area (Å²) in [6.07, 6.45) is -2.86. The van der Waals surface area contributed by atoms with Gasteiger partial charge in [-0.25, -0.2) is 13.9 Å². The van der Waals surface area contributed by atoms with Crippen LogP contribution in [0.3, 0.4) is 0 Å². The zero-order valence-electron chi connectivity index (χ0n) is 24.3. The topological polar surface area (TPSA) is 141 Å². The number of alkyl halides is 3. The molecule has 3 atom stereocenters. The maximum absolute atomic E-state index is 14.9. The molecule has 10 nitrogen and oxygen atoms in total. The Labute approximate surface area is 258 Å². The second-order valence-electron chi connectivity index (χ2n) is 12.6. The van der Waals surface area contributed by atoms with Crippen molar-refractivity contribution in [3.63, 3.8) is 0 Å². The molecule has 46 heavy (non-hydrogen) atoms. The highest BCUT2D eigenvalue weighted by Gasteiger charge is 2.91. The number of aromatic nitrogens is 3. The Morgan fingerprint density at radius 3 is 2.48 bits per heavy atom. The van der Waals surface area contributed by atoms with E-state index in [9.17, 15) is 32.3 Å². The number of primary amides is 1. The number of benzene rings is 1. The van der Waals surface area contributed by atoms with Crippen LogP contribution in [0.5, 0.6) is 11.6 Å². The lowest BCUT2D eigenvalue weighted by atomic mass is 9.86. The molecule has 8 rings (SSSR count). The molecule has 1 aromatic carbocycles. The number of nitrogens with zero attached hydrogens (tertiary/aromatic N) is 3. The number of carbonyl (C=O) groups is 2. The van der Waals surface area contributed by atoms with Crippen molar-refractivity contribution in [3.05, 3.63) is 76.9 Å². The maximum atomic E-state index is 14.9. The van der Waals surface area contributed by atoms with Gasteiger partial charge in [-0.2, -0.15) is 18.3 Å². The molecule has 1 spiro atoms. The van der Waals surface area contributed by atoms with Crippen LogP contribution in [-0.4, -0.2) is 57.5 Å². The predicted molar refractivity (Wildman–Crippen MR) is 153 cm³/mol. The fourth-order valence-corrected chi connectivity index (χ4v) is 7.13. The van der Waals surface area contributed by atoms with Gasteiger partial charge in [0.1, 0.15) is 23.0 Å². The quantitative estimate of drug-likeness (QED) is 0.249. The molecule has 14 heteroatoms. The molecule has 2 unspecified atom stereocenters. The molecule has 3 saturated carbocycles. The molecule has 238 valence electrons. The Bertz CT molecular complexity index is 1970. The summed E-state index contributed by atoms with van der Waals surface area (Å²) in [4.78, 5) is 30.4. The van der Waals surface area contributed by atoms with Gasteiger partial charge in [0, 0.05) is 34.1 Å². The summed E-state index contributed by atoms with van der Waals surface area (Å²) in [5.74, 6) is -1.69. The molecule has 3 aliphatic carbocycles. The summed E-state index contributed by atoms with van der Waals surface area (Å²) < 4.78 is 71.4. The number of amides is 2. The van der Waals surface area contributed by atoms with E-state index in [1.165, 1.54) is 35.9 Å². The van der Waals surface area contributed by atoms with Crippen molar-refractivity contribution in [1.82, 2.24) is 19.9 Å². The van der Waals surface area contributed by atoms with Gasteiger partial charge in [0.05, 0.1) is 30.6 Å². The fraction of sp³-hybridized carbons (Fsp3) is 0.375. The third-order valence-corrected chi connectivity index (χ3v) is 9.94. The highest BCUT2D eigenvalue weighted by Crippen LogP contribution is 2.83. The van der Waals surface area contributed by atoms with Gasteiger partial charge in [0.15, 0.2) is 5.75 Å². The number of ether oxygens (including phenoxy) is 2. The predicted octanol–water partition coefficient (Wildman–Crippen LogP) is 3.88. The van der Waals surface area contributed by atoms with Crippen LogP contribution in [0.15, 0.2) is 48.5 Å². The van der Waals surface area contributed by atoms with Gasteiger partial charge in [-0.1, -0.05) is 0 Å². The van der Waals surface area contributed by atoms with Crippen molar-refractivity contribution < 1.29 is 41.7 Å². The van der Waals surface area contributed by atoms with E-state index >= 15 is 0 Å². The Balaban J connectivity index is 1.19. The molecule has 4 N–H and O–H groups in total. The first kappa shape index (κ1) is 28.7. The molecular weight excluding hydrogens is 610 g/mol. The molecule has 4 heterocycles. The second-order valence-corrected chi connectivity index (χ2v) is 12.6. The molecule has 0 bridgehead atoms. The highest BCUT2D eigenvalue weighted by atomic mass is 19.4. The Hall–Kier alpha value is -4.72. The summed E-state index contributed by atoms with van der Waals surface area (Å²) in [7, 11) is 1.38. The minimum Gasteiger partial charge on any atom is -0.486 e. The molecule has 1 aliphatic heterocycles. The monoisotopic (exact) mass is 637 g/mol. The maximum Gasteiger partial charge on any atom is 0.424 e. The number of rotatable bonds is 8. The molecule has 2 amide bonds. The minimum atomic E-state index is -5.34. The van der Waals surface area contributed by atoms with Crippen LogP contribution in [0.4, 0.5) is 17.6 Å². The Kier molecular flexibility index (Phi) is 5.73. The third kappa shape index (κ3) is 3.79. The van der Waals surface area contributed by atoms with Crippen molar-refractivity contribution in [2.45, 2.75) is 54.9 Å². The van der Waals surface area contributed by atoms with E-state index in [0.29, 0.717) is 24.3 Å². The zero-order valence-corrected chi connectivity index (χ0v) is 24.3. The van der Waals surface area contributed by atoms with Gasteiger partial charge in [-0.15, -0.1) is 0 Å². The van der Waals surface area contributed by atoms with Crippen LogP contribution < -0.4 is 20.5 Å². The number of methoxy groups -OCH3 is 1. The van der Waals surface area contributed by atoms with E-state index in [2.05, 4.69) is 15.4 Å². The molecule has 3 fully saturated rings. The number of hydrogen-bond donors (Lipinski definition) is 3. The van der Waals surface area contributed by atoms with Crippen LogP contribution >= 0.6 is 0 Å². The van der Waals surface area contributed by atoms with Gasteiger partial charge in [0.2, 0.25) is 17.4 Å². The number of halogens is 4. The first-order valence-electron chi connectivity index (χ1n) is 14.8. The van der Waals surface area contributed by atoms with E-state index in [1.54, 1.807) is 6.07 Å². The van der Waals surface area contributed by atoms with E-state index in [1.807, 2.05) is 0 Å². The van der Waals surface area contributed by atoms with Crippen LogP contribution in [0, 0.1) is 11.2 Å². The molecule has 3 aromatic heterocycles. The van der Waals surface area contributed by atoms with E-state index in [-0.39, 0.29) is 34.0 Å². The van der Waals surface area contributed by atoms with E-state index < -0.39 is 58.6 Å². The van der Waals surface area contributed by atoms with Gasteiger partial charge < -0.3 is 25.6 Å². The summed E-state index contributed by atoms with van der Waals surface area (Å²) >= 11 is 0. The second kappa shape index (κ2) is 9.18. The van der Waals surface area contributed by atoms with Crippen molar-refractivity contribution in [2.75, 3.05) is 13.7 Å². The van der Waals surface area contributed by atoms with Crippen molar-refractivity contribution in [3.8, 4) is 22.9 Å². The lowest BCUT2D eigenvalue weighted by Crippen LogP contribution is -2.51. The SMILES string of the molecule is COc1cc(C(=O)NCC(O)(c2cc3c(c(-c4ccc(F)cc4)n2)OC2C4(CC4)[C@@]32C(N)=O)C(F)(F)F)cc2cc(C3CC3)nn12. The Morgan fingerprint density at radius 2 is 1.87 bits per heavy atom. The highest BCUT2D eigenvalue weighted by molar-refractivity contribution is 5.98. The van der Waals surface area contributed by atoms with Crippen LogP contribution in [0.25, 0.3) is 16.8 Å². The first-order chi connectivity index (χ1) is 21.8. The van der Waals surface area contributed by atoms with Crippen LogP contribution in [0.1, 0.15) is 58.9 Å². The lowest BCUT2D eigenvalue weighted by Gasteiger charge is -2.31. The normalized spacial score (nSPS) is 23.3. The number of carbonyl (C=O) groups excluding carboxylic acids is 2. The smallest absolute Gasteiger partial charge is 0.424 e. The molecule has 0 saturated heterocycles. The molecule has 4 aromatic rings. The molecular formula is C32H27F4N5O5. The van der Waals surface area contributed by atoms with Gasteiger partial charge in [0.25, 0.3) is 5.91 Å².